The molecule has 0 saturated carbocycles. The van der Waals surface area contributed by atoms with Crippen molar-refractivity contribution in [3.8, 4) is 0 Å². The van der Waals surface area contributed by atoms with E-state index in [9.17, 15) is 0 Å². The van der Waals surface area contributed by atoms with Crippen LogP contribution in [0.15, 0.2) is 132 Å². The molecule has 0 spiro atoms. The van der Waals surface area contributed by atoms with E-state index in [2.05, 4.69) is 151 Å². The van der Waals surface area contributed by atoms with Crippen molar-refractivity contribution < 1.29 is 0 Å². The van der Waals surface area contributed by atoms with Gasteiger partial charge in [-0.25, -0.2) is 5.01 Å². The van der Waals surface area contributed by atoms with Crippen LogP contribution < -0.4 is 5.01 Å². The minimum atomic E-state index is 0.813. The summed E-state index contributed by atoms with van der Waals surface area (Å²) in [5, 5.41) is 14.8. The van der Waals surface area contributed by atoms with E-state index >= 15 is 0 Å². The lowest BCUT2D eigenvalue weighted by Gasteiger charge is -2.22. The summed E-state index contributed by atoms with van der Waals surface area (Å²) >= 11 is 0. The predicted octanol–water partition coefficient (Wildman–Crippen LogP) is 9.59. The fourth-order valence-electron chi connectivity index (χ4n) is 5.68. The van der Waals surface area contributed by atoms with E-state index in [1.54, 1.807) is 0 Å². The monoisotopic (exact) mass is 503 g/mol. The van der Waals surface area contributed by atoms with Crippen molar-refractivity contribution in [2.24, 2.45) is 12.1 Å². The van der Waals surface area contributed by atoms with Crippen molar-refractivity contribution in [3.05, 3.63) is 133 Å². The first-order chi connectivity index (χ1) is 19.2. The number of para-hydroxylation sites is 1. The van der Waals surface area contributed by atoms with Gasteiger partial charge in [-0.2, -0.15) is 5.10 Å². The summed E-state index contributed by atoms with van der Waals surface area (Å²) < 4.78 is 2.27. The summed E-state index contributed by atoms with van der Waals surface area (Å²) in [4.78, 5) is 0. The minimum absolute atomic E-state index is 0.813. The normalized spacial score (nSPS) is 12.1. The molecule has 0 unspecified atom stereocenters. The van der Waals surface area contributed by atoms with E-state index in [-0.39, 0.29) is 0 Å². The Kier molecular flexibility index (Phi) is 5.63. The molecule has 0 bridgehead atoms. The van der Waals surface area contributed by atoms with Gasteiger partial charge in [-0.05, 0) is 76.0 Å². The summed E-state index contributed by atoms with van der Waals surface area (Å²) in [6.45, 7) is 2.19. The van der Waals surface area contributed by atoms with Crippen molar-refractivity contribution in [1.29, 1.82) is 0 Å². The van der Waals surface area contributed by atoms with Gasteiger partial charge >= 0.3 is 0 Å². The second-order valence-electron chi connectivity index (χ2n) is 10.1. The average Bonchev–Trinajstić information content (AvgIpc) is 3.28. The molecule has 0 saturated heterocycles. The number of hydrazone groups is 1. The zero-order valence-corrected chi connectivity index (χ0v) is 22.2. The number of hydrogen-bond donors (Lipinski definition) is 0. The third-order valence-corrected chi connectivity index (χ3v) is 7.76. The summed E-state index contributed by atoms with van der Waals surface area (Å²) in [6.07, 6.45) is 0.813. The maximum absolute atomic E-state index is 5.36. The van der Waals surface area contributed by atoms with Gasteiger partial charge in [-0.1, -0.05) is 91.9 Å². The second kappa shape index (κ2) is 9.45. The maximum atomic E-state index is 5.36. The van der Waals surface area contributed by atoms with Crippen LogP contribution in [0.5, 0.6) is 0 Å². The molecule has 1 aromatic heterocycles. The number of rotatable bonds is 5. The van der Waals surface area contributed by atoms with Gasteiger partial charge in [-0.15, -0.1) is 0 Å². The molecular formula is C36H29N3. The zero-order chi connectivity index (χ0) is 26.3. The molecule has 188 valence electrons. The van der Waals surface area contributed by atoms with E-state index in [1.165, 1.54) is 43.4 Å². The van der Waals surface area contributed by atoms with Crippen LogP contribution in [0.2, 0.25) is 0 Å². The maximum Gasteiger partial charge on any atom is 0.0683 e. The van der Waals surface area contributed by atoms with Crippen LogP contribution in [0, 0.1) is 0 Å². The number of anilines is 2. The Labute approximate surface area is 228 Å². The van der Waals surface area contributed by atoms with E-state index in [4.69, 9.17) is 5.10 Å². The molecule has 0 aliphatic heterocycles. The highest BCUT2D eigenvalue weighted by Gasteiger charge is 2.15. The van der Waals surface area contributed by atoms with E-state index in [0.717, 1.165) is 29.1 Å². The second-order valence-corrected chi connectivity index (χ2v) is 10.1. The van der Waals surface area contributed by atoms with Crippen LogP contribution in [0.3, 0.4) is 0 Å². The topological polar surface area (TPSA) is 20.5 Å². The SMILES string of the molecule is CC/C(=N/N(c1ccc2ccccc2c1)c1ccc2ccccc2c1)c1ccc2c(c1)c1ccccc1n2C. The predicted molar refractivity (Wildman–Crippen MR) is 167 cm³/mol. The standard InChI is InChI=1S/C36H29N3/c1-3-34(29-18-21-36-33(24-29)32-14-8-9-15-35(32)38(36)2)37-39(30-19-16-25-10-4-6-12-27(25)22-30)31-20-17-26-11-5-7-13-28(26)23-31/h4-24H,3H2,1-2H3/b37-34-. The number of nitrogens with zero attached hydrogens (tertiary/aromatic N) is 3. The van der Waals surface area contributed by atoms with Crippen molar-refractivity contribution in [1.82, 2.24) is 4.57 Å². The third kappa shape index (κ3) is 4.04. The van der Waals surface area contributed by atoms with Crippen molar-refractivity contribution in [2.75, 3.05) is 5.01 Å². The van der Waals surface area contributed by atoms with Gasteiger partial charge in [0.2, 0.25) is 0 Å². The van der Waals surface area contributed by atoms with E-state index in [1.807, 2.05) is 0 Å². The van der Waals surface area contributed by atoms with Crippen LogP contribution in [0.4, 0.5) is 11.4 Å². The van der Waals surface area contributed by atoms with Gasteiger partial charge in [0.05, 0.1) is 17.1 Å². The quantitative estimate of drug-likeness (QED) is 0.169. The van der Waals surface area contributed by atoms with Crippen molar-refractivity contribution in [3.63, 3.8) is 0 Å². The van der Waals surface area contributed by atoms with Gasteiger partial charge in [0.1, 0.15) is 0 Å². The molecule has 0 N–H and O–H groups in total. The molecule has 7 aromatic rings. The highest BCUT2D eigenvalue weighted by Crippen LogP contribution is 2.33. The largest absolute Gasteiger partial charge is 0.344 e. The lowest BCUT2D eigenvalue weighted by atomic mass is 10.0. The number of fused-ring (bicyclic) bond motifs is 5. The molecule has 7 rings (SSSR count). The lowest BCUT2D eigenvalue weighted by molar-refractivity contribution is 1.01. The van der Waals surface area contributed by atoms with Crippen LogP contribution >= 0.6 is 0 Å². The van der Waals surface area contributed by atoms with E-state index < -0.39 is 0 Å². The summed E-state index contributed by atoms with van der Waals surface area (Å²) in [6, 6.07) is 45.5. The molecule has 3 nitrogen and oxygen atoms in total. The first-order valence-electron chi connectivity index (χ1n) is 13.5. The number of aromatic nitrogens is 1. The Bertz CT molecular complexity index is 1950. The highest BCUT2D eigenvalue weighted by atomic mass is 15.5. The Morgan fingerprint density at radius 1 is 0.590 bits per heavy atom. The van der Waals surface area contributed by atoms with Crippen LogP contribution in [0.25, 0.3) is 43.4 Å². The molecule has 0 radical (unpaired) electrons. The van der Waals surface area contributed by atoms with Crippen LogP contribution in [-0.4, -0.2) is 10.3 Å². The molecule has 0 aliphatic rings. The molecule has 0 amide bonds. The highest BCUT2D eigenvalue weighted by molar-refractivity contribution is 6.12. The van der Waals surface area contributed by atoms with Gasteiger partial charge in [0.15, 0.2) is 0 Å². The van der Waals surface area contributed by atoms with Gasteiger partial charge in [0, 0.05) is 28.9 Å². The minimum Gasteiger partial charge on any atom is -0.344 e. The molecular weight excluding hydrogens is 474 g/mol. The van der Waals surface area contributed by atoms with Gasteiger partial charge in [-0.3, -0.25) is 0 Å². The Morgan fingerprint density at radius 2 is 1.15 bits per heavy atom. The Balaban J connectivity index is 1.42. The smallest absolute Gasteiger partial charge is 0.0683 e. The fourth-order valence-corrected chi connectivity index (χ4v) is 5.68. The van der Waals surface area contributed by atoms with Crippen LogP contribution in [0.1, 0.15) is 18.9 Å². The number of aryl methyl sites for hydroxylation is 1. The zero-order valence-electron chi connectivity index (χ0n) is 22.2. The molecule has 6 aromatic carbocycles. The first-order valence-corrected chi connectivity index (χ1v) is 13.5. The first kappa shape index (κ1) is 23.2. The fraction of sp³-hybridized carbons (Fsp3) is 0.0833. The van der Waals surface area contributed by atoms with Crippen molar-refractivity contribution >= 4 is 60.4 Å². The summed E-state index contributed by atoms with van der Waals surface area (Å²) in [7, 11) is 2.14. The molecule has 0 fully saturated rings. The summed E-state index contributed by atoms with van der Waals surface area (Å²) in [5.74, 6) is 0. The number of benzene rings is 6. The third-order valence-electron chi connectivity index (χ3n) is 7.76. The van der Waals surface area contributed by atoms with Gasteiger partial charge in [0.25, 0.3) is 0 Å². The Hall–Kier alpha value is -4.89. The Morgan fingerprint density at radius 3 is 1.79 bits per heavy atom. The molecule has 39 heavy (non-hydrogen) atoms. The number of hydrogen-bond acceptors (Lipinski definition) is 2. The van der Waals surface area contributed by atoms with Gasteiger partial charge < -0.3 is 4.57 Å². The van der Waals surface area contributed by atoms with Crippen molar-refractivity contribution in [2.45, 2.75) is 13.3 Å². The average molecular weight is 504 g/mol. The molecule has 1 heterocycles. The molecule has 0 atom stereocenters. The summed E-state index contributed by atoms with van der Waals surface area (Å²) in [5.41, 5.74) is 6.76. The molecule has 3 heteroatoms. The molecule has 0 aliphatic carbocycles. The van der Waals surface area contributed by atoms with E-state index in [0.29, 0.717) is 0 Å². The lowest BCUT2D eigenvalue weighted by Crippen LogP contribution is -2.14. The van der Waals surface area contributed by atoms with Crippen LogP contribution in [-0.2, 0) is 7.05 Å².